The number of rotatable bonds is 4. The summed E-state index contributed by atoms with van der Waals surface area (Å²) in [5.74, 6) is -0.156. The maximum absolute atomic E-state index is 12.1. The van der Waals surface area contributed by atoms with E-state index in [1.807, 2.05) is 35.2 Å². The first-order valence-corrected chi connectivity index (χ1v) is 10.2. The van der Waals surface area contributed by atoms with E-state index in [2.05, 4.69) is 49.5 Å². The van der Waals surface area contributed by atoms with Crippen molar-refractivity contribution in [3.63, 3.8) is 0 Å². The Morgan fingerprint density at radius 3 is 2.61 bits per heavy atom. The second kappa shape index (κ2) is 7.73. The summed E-state index contributed by atoms with van der Waals surface area (Å²) in [4.78, 5) is 12.7. The van der Waals surface area contributed by atoms with Gasteiger partial charge in [-0.05, 0) is 42.7 Å². The van der Waals surface area contributed by atoms with Crippen molar-refractivity contribution in [2.75, 3.05) is 0 Å². The number of carbonyl (C=O) groups is 1. The average molecular weight is 406 g/mol. The van der Waals surface area contributed by atoms with E-state index >= 15 is 0 Å². The molecule has 3 aromatic rings. The lowest BCUT2D eigenvalue weighted by Gasteiger charge is -2.04. The first-order chi connectivity index (χ1) is 13.5. The molecule has 1 saturated heterocycles. The standard InChI is InChI=1S/C22H19N3OS2/c1-14-8-9-17(10-15(14)2)20-18(11-19-21(26)23-22(27)28-19)13-25(24-20)12-16-6-4-3-5-7-16/h3-11,13H,12H2,1-2H3,(H,23,26,27)/b19-11-. The van der Waals surface area contributed by atoms with Crippen molar-refractivity contribution in [1.29, 1.82) is 0 Å². The molecule has 0 unspecified atom stereocenters. The average Bonchev–Trinajstić information content (AvgIpc) is 3.21. The van der Waals surface area contributed by atoms with E-state index in [-0.39, 0.29) is 5.91 Å². The SMILES string of the molecule is Cc1ccc(-c2nn(Cc3ccccc3)cc2/C=C2\SC(=S)NC2=O)cc1C. The Morgan fingerprint density at radius 1 is 1.14 bits per heavy atom. The lowest BCUT2D eigenvalue weighted by atomic mass is 10.0. The molecular weight excluding hydrogens is 386 g/mol. The number of amides is 1. The quantitative estimate of drug-likeness (QED) is 0.505. The van der Waals surface area contributed by atoms with Gasteiger partial charge in [0.25, 0.3) is 5.91 Å². The fourth-order valence-electron chi connectivity index (χ4n) is 3.07. The number of hydrogen-bond donors (Lipinski definition) is 1. The van der Waals surface area contributed by atoms with Gasteiger partial charge in [-0.15, -0.1) is 0 Å². The van der Waals surface area contributed by atoms with Crippen molar-refractivity contribution in [2.24, 2.45) is 0 Å². The van der Waals surface area contributed by atoms with Gasteiger partial charge >= 0.3 is 0 Å². The van der Waals surface area contributed by atoms with Crippen LogP contribution in [0.1, 0.15) is 22.3 Å². The highest BCUT2D eigenvalue weighted by atomic mass is 32.2. The van der Waals surface area contributed by atoms with E-state index in [0.717, 1.165) is 16.8 Å². The lowest BCUT2D eigenvalue weighted by molar-refractivity contribution is -0.115. The van der Waals surface area contributed by atoms with E-state index in [4.69, 9.17) is 17.3 Å². The van der Waals surface area contributed by atoms with Crippen molar-refractivity contribution in [3.8, 4) is 11.3 Å². The molecule has 0 aliphatic carbocycles. The van der Waals surface area contributed by atoms with Crippen LogP contribution in [0.25, 0.3) is 17.3 Å². The highest BCUT2D eigenvalue weighted by Crippen LogP contribution is 2.31. The lowest BCUT2D eigenvalue weighted by Crippen LogP contribution is -2.17. The molecule has 1 fully saturated rings. The minimum atomic E-state index is -0.156. The number of thiocarbonyl (C=S) groups is 1. The Labute approximate surface area is 173 Å². The Bertz CT molecular complexity index is 1100. The van der Waals surface area contributed by atoms with Crippen LogP contribution in [0.3, 0.4) is 0 Å². The molecule has 4 rings (SSSR count). The molecule has 140 valence electrons. The van der Waals surface area contributed by atoms with Crippen molar-refractivity contribution >= 4 is 40.3 Å². The zero-order chi connectivity index (χ0) is 19.7. The molecule has 2 heterocycles. The van der Waals surface area contributed by atoms with Crippen LogP contribution in [0.15, 0.2) is 59.6 Å². The van der Waals surface area contributed by atoms with E-state index in [1.165, 1.54) is 28.5 Å². The molecule has 0 atom stereocenters. The first-order valence-electron chi connectivity index (χ1n) is 8.93. The summed E-state index contributed by atoms with van der Waals surface area (Å²) >= 11 is 6.39. The van der Waals surface area contributed by atoms with E-state index in [0.29, 0.717) is 15.8 Å². The Hall–Kier alpha value is -2.70. The number of aryl methyl sites for hydroxylation is 2. The van der Waals surface area contributed by atoms with Crippen LogP contribution >= 0.6 is 24.0 Å². The molecule has 0 radical (unpaired) electrons. The van der Waals surface area contributed by atoms with Gasteiger partial charge in [0.2, 0.25) is 0 Å². The maximum atomic E-state index is 12.1. The molecule has 6 heteroatoms. The summed E-state index contributed by atoms with van der Waals surface area (Å²) in [6.45, 7) is 4.85. The molecule has 1 N–H and O–H groups in total. The molecule has 28 heavy (non-hydrogen) atoms. The van der Waals surface area contributed by atoms with Crippen LogP contribution in [0.5, 0.6) is 0 Å². The number of carbonyl (C=O) groups excluding carboxylic acids is 1. The molecule has 2 aromatic carbocycles. The largest absolute Gasteiger partial charge is 0.307 e. The summed E-state index contributed by atoms with van der Waals surface area (Å²) in [7, 11) is 0. The number of thioether (sulfide) groups is 1. The summed E-state index contributed by atoms with van der Waals surface area (Å²) < 4.78 is 2.41. The highest BCUT2D eigenvalue weighted by molar-refractivity contribution is 8.26. The van der Waals surface area contributed by atoms with E-state index in [9.17, 15) is 4.79 Å². The summed E-state index contributed by atoms with van der Waals surface area (Å²) in [6, 6.07) is 16.5. The normalized spacial score (nSPS) is 15.3. The van der Waals surface area contributed by atoms with Gasteiger partial charge in [0, 0.05) is 17.3 Å². The molecule has 0 spiro atoms. The van der Waals surface area contributed by atoms with Gasteiger partial charge in [-0.1, -0.05) is 66.4 Å². The topological polar surface area (TPSA) is 46.9 Å². The zero-order valence-corrected chi connectivity index (χ0v) is 17.2. The minimum absolute atomic E-state index is 0.156. The number of aromatic nitrogens is 2. The van der Waals surface area contributed by atoms with Crippen LogP contribution in [0.4, 0.5) is 0 Å². The van der Waals surface area contributed by atoms with E-state index in [1.54, 1.807) is 0 Å². The van der Waals surface area contributed by atoms with Crippen molar-refractivity contribution < 1.29 is 4.79 Å². The zero-order valence-electron chi connectivity index (χ0n) is 15.6. The molecule has 1 amide bonds. The van der Waals surface area contributed by atoms with Crippen LogP contribution in [-0.4, -0.2) is 20.0 Å². The summed E-state index contributed by atoms with van der Waals surface area (Å²) in [5.41, 5.74) is 6.42. The third-order valence-corrected chi connectivity index (χ3v) is 5.85. The molecule has 1 aliphatic heterocycles. The fraction of sp³-hybridized carbons (Fsp3) is 0.136. The van der Waals surface area contributed by atoms with Crippen LogP contribution in [0.2, 0.25) is 0 Å². The van der Waals surface area contributed by atoms with Gasteiger partial charge in [-0.25, -0.2) is 0 Å². The highest BCUT2D eigenvalue weighted by Gasteiger charge is 2.23. The van der Waals surface area contributed by atoms with Crippen LogP contribution in [-0.2, 0) is 11.3 Å². The number of nitrogens with one attached hydrogen (secondary N) is 1. The van der Waals surface area contributed by atoms with Gasteiger partial charge in [0.15, 0.2) is 0 Å². The molecule has 1 aromatic heterocycles. The number of nitrogens with zero attached hydrogens (tertiary/aromatic N) is 2. The predicted molar refractivity (Wildman–Crippen MR) is 119 cm³/mol. The van der Waals surface area contributed by atoms with Crippen LogP contribution < -0.4 is 5.32 Å². The molecule has 1 aliphatic rings. The monoisotopic (exact) mass is 405 g/mol. The van der Waals surface area contributed by atoms with Gasteiger partial charge in [0.05, 0.1) is 17.1 Å². The molecule has 4 nitrogen and oxygen atoms in total. The molecule has 0 saturated carbocycles. The second-order valence-electron chi connectivity index (χ2n) is 6.77. The number of benzene rings is 2. The third-order valence-electron chi connectivity index (χ3n) is 4.69. The van der Waals surface area contributed by atoms with Crippen molar-refractivity contribution in [1.82, 2.24) is 15.1 Å². The maximum Gasteiger partial charge on any atom is 0.263 e. The Kier molecular flexibility index (Phi) is 5.15. The molecule has 0 bridgehead atoms. The van der Waals surface area contributed by atoms with Crippen molar-refractivity contribution in [3.05, 3.63) is 81.9 Å². The van der Waals surface area contributed by atoms with Gasteiger partial charge in [-0.2, -0.15) is 5.10 Å². The minimum Gasteiger partial charge on any atom is -0.307 e. The Balaban J connectivity index is 1.78. The smallest absolute Gasteiger partial charge is 0.263 e. The van der Waals surface area contributed by atoms with Gasteiger partial charge < -0.3 is 5.32 Å². The summed E-state index contributed by atoms with van der Waals surface area (Å²) in [6.07, 6.45) is 3.86. The van der Waals surface area contributed by atoms with E-state index < -0.39 is 0 Å². The Morgan fingerprint density at radius 2 is 1.93 bits per heavy atom. The summed E-state index contributed by atoms with van der Waals surface area (Å²) in [5, 5.41) is 7.50. The molecular formula is C22H19N3OS2. The third kappa shape index (κ3) is 3.93. The second-order valence-corrected chi connectivity index (χ2v) is 8.49. The first kappa shape index (κ1) is 18.7. The number of hydrogen-bond acceptors (Lipinski definition) is 4. The fourth-order valence-corrected chi connectivity index (χ4v) is 4.10. The van der Waals surface area contributed by atoms with Gasteiger partial charge in [0.1, 0.15) is 4.32 Å². The van der Waals surface area contributed by atoms with Crippen molar-refractivity contribution in [2.45, 2.75) is 20.4 Å². The van der Waals surface area contributed by atoms with Crippen LogP contribution in [0, 0.1) is 13.8 Å². The predicted octanol–water partition coefficient (Wildman–Crippen LogP) is 4.70. The van der Waals surface area contributed by atoms with Gasteiger partial charge in [-0.3, -0.25) is 9.48 Å².